The Kier molecular flexibility index (Phi) is 5.24. The number of rotatable bonds is 3. The monoisotopic (exact) mass is 332 g/mol. The van der Waals surface area contributed by atoms with Gasteiger partial charge in [-0.15, -0.1) is 12.4 Å². The first-order valence-electron chi connectivity index (χ1n) is 7.14. The molecule has 7 heteroatoms. The van der Waals surface area contributed by atoms with Crippen molar-refractivity contribution in [1.82, 2.24) is 10.2 Å². The first-order valence-corrected chi connectivity index (χ1v) is 7.14. The van der Waals surface area contributed by atoms with Crippen molar-refractivity contribution < 1.29 is 18.3 Å². The average Bonchev–Trinajstić information content (AvgIpc) is 3.09. The Balaban J connectivity index is 0.00000176. The minimum Gasteiger partial charge on any atom is -0.434 e. The van der Waals surface area contributed by atoms with E-state index >= 15 is 0 Å². The Morgan fingerprint density at radius 2 is 2.09 bits per heavy atom. The number of carbonyl (C=O) groups excluding carboxylic acids is 1. The number of nitrogens with one attached hydrogen (secondary N) is 1. The zero-order chi connectivity index (χ0) is 14.9. The summed E-state index contributed by atoms with van der Waals surface area (Å²) in [5.74, 6) is -0.280. The quantitative estimate of drug-likeness (QED) is 0.925. The molecule has 1 atom stereocenters. The molecule has 1 amide bonds. The Morgan fingerprint density at radius 1 is 1.32 bits per heavy atom. The molecule has 2 saturated heterocycles. The summed E-state index contributed by atoms with van der Waals surface area (Å²) in [4.78, 5) is 14.3. The number of halogens is 3. The molecule has 1 aromatic rings. The third kappa shape index (κ3) is 3.33. The normalized spacial score (nSPS) is 23.9. The van der Waals surface area contributed by atoms with E-state index in [9.17, 15) is 13.6 Å². The van der Waals surface area contributed by atoms with Gasteiger partial charge in [-0.2, -0.15) is 8.78 Å². The first-order chi connectivity index (χ1) is 10.1. The van der Waals surface area contributed by atoms with Crippen LogP contribution in [0.2, 0.25) is 0 Å². The van der Waals surface area contributed by atoms with Crippen LogP contribution in [0.1, 0.15) is 23.2 Å². The van der Waals surface area contributed by atoms with Crippen molar-refractivity contribution in [3.05, 3.63) is 29.8 Å². The summed E-state index contributed by atoms with van der Waals surface area (Å²) in [7, 11) is 0. The van der Waals surface area contributed by atoms with E-state index in [2.05, 4.69) is 10.1 Å². The molecule has 1 unspecified atom stereocenters. The van der Waals surface area contributed by atoms with Gasteiger partial charge in [0.1, 0.15) is 5.75 Å². The zero-order valence-electron chi connectivity index (χ0n) is 12.1. The molecule has 2 heterocycles. The lowest BCUT2D eigenvalue weighted by atomic mass is 9.86. The van der Waals surface area contributed by atoms with Gasteiger partial charge >= 0.3 is 6.61 Å². The third-order valence-corrected chi connectivity index (χ3v) is 4.39. The molecule has 22 heavy (non-hydrogen) atoms. The van der Waals surface area contributed by atoms with Crippen LogP contribution in [0.4, 0.5) is 8.78 Å². The smallest absolute Gasteiger partial charge is 0.387 e. The Morgan fingerprint density at radius 3 is 2.77 bits per heavy atom. The average molecular weight is 333 g/mol. The third-order valence-electron chi connectivity index (χ3n) is 4.39. The molecular formula is C15H19ClF2N2O2. The van der Waals surface area contributed by atoms with Crippen molar-refractivity contribution in [2.75, 3.05) is 26.2 Å². The van der Waals surface area contributed by atoms with E-state index in [1.54, 1.807) is 17.0 Å². The Bertz CT molecular complexity index is 536. The second-order valence-corrected chi connectivity index (χ2v) is 5.78. The highest BCUT2D eigenvalue weighted by atomic mass is 35.5. The maximum Gasteiger partial charge on any atom is 0.387 e. The van der Waals surface area contributed by atoms with E-state index in [-0.39, 0.29) is 35.0 Å². The molecule has 2 aliphatic rings. The van der Waals surface area contributed by atoms with Crippen LogP contribution in [0.15, 0.2) is 24.3 Å². The highest BCUT2D eigenvalue weighted by molar-refractivity contribution is 5.97. The highest BCUT2D eigenvalue weighted by Gasteiger charge is 2.42. The van der Waals surface area contributed by atoms with Crippen LogP contribution >= 0.6 is 12.4 Å². The number of alkyl halides is 2. The number of hydrogen-bond acceptors (Lipinski definition) is 3. The number of likely N-dealkylation sites (tertiary alicyclic amines) is 1. The van der Waals surface area contributed by atoms with E-state index in [4.69, 9.17) is 0 Å². The fourth-order valence-corrected chi connectivity index (χ4v) is 3.26. The fraction of sp³-hybridized carbons (Fsp3) is 0.533. The molecule has 4 nitrogen and oxygen atoms in total. The van der Waals surface area contributed by atoms with Gasteiger partial charge in [0, 0.05) is 25.0 Å². The molecule has 0 radical (unpaired) electrons. The molecule has 0 saturated carbocycles. The van der Waals surface area contributed by atoms with Gasteiger partial charge in [0.2, 0.25) is 0 Å². The number of amides is 1. The topological polar surface area (TPSA) is 41.6 Å². The molecule has 2 fully saturated rings. The standard InChI is InChI=1S/C15H18F2N2O2.ClH/c16-14(17)21-12-4-2-1-3-11(12)13(20)19-8-6-15(10-19)5-7-18-9-15;/h1-4,14,18H,5-10H2;1H. The Hall–Kier alpha value is -1.40. The van der Waals surface area contributed by atoms with Crippen molar-refractivity contribution in [2.45, 2.75) is 19.5 Å². The van der Waals surface area contributed by atoms with E-state index in [1.165, 1.54) is 12.1 Å². The van der Waals surface area contributed by atoms with Crippen molar-refractivity contribution in [3.63, 3.8) is 0 Å². The maximum absolute atomic E-state index is 12.6. The van der Waals surface area contributed by atoms with Gasteiger partial charge < -0.3 is 15.0 Å². The molecule has 0 aliphatic carbocycles. The molecule has 3 rings (SSSR count). The van der Waals surface area contributed by atoms with Crippen LogP contribution < -0.4 is 10.1 Å². The number of ether oxygens (including phenoxy) is 1. The van der Waals surface area contributed by atoms with Gasteiger partial charge in [0.25, 0.3) is 5.91 Å². The van der Waals surface area contributed by atoms with Gasteiger partial charge in [0.05, 0.1) is 5.56 Å². The second-order valence-electron chi connectivity index (χ2n) is 5.78. The molecular weight excluding hydrogens is 314 g/mol. The summed E-state index contributed by atoms with van der Waals surface area (Å²) in [5, 5.41) is 3.33. The summed E-state index contributed by atoms with van der Waals surface area (Å²) in [5.41, 5.74) is 0.370. The molecule has 0 aromatic heterocycles. The van der Waals surface area contributed by atoms with Gasteiger partial charge in [-0.1, -0.05) is 12.1 Å². The summed E-state index contributed by atoms with van der Waals surface area (Å²) >= 11 is 0. The zero-order valence-corrected chi connectivity index (χ0v) is 12.9. The fourth-order valence-electron chi connectivity index (χ4n) is 3.26. The summed E-state index contributed by atoms with van der Waals surface area (Å²) in [6, 6.07) is 6.19. The minimum atomic E-state index is -2.93. The van der Waals surface area contributed by atoms with Crippen LogP contribution in [0.25, 0.3) is 0 Å². The van der Waals surface area contributed by atoms with E-state index in [0.29, 0.717) is 13.1 Å². The predicted molar refractivity (Wildman–Crippen MR) is 80.8 cm³/mol. The molecule has 0 bridgehead atoms. The van der Waals surface area contributed by atoms with Crippen molar-refractivity contribution in [1.29, 1.82) is 0 Å². The number of para-hydroxylation sites is 1. The van der Waals surface area contributed by atoms with Crippen molar-refractivity contribution >= 4 is 18.3 Å². The van der Waals surface area contributed by atoms with Gasteiger partial charge in [-0.05, 0) is 31.5 Å². The number of hydrogen-bond donors (Lipinski definition) is 1. The van der Waals surface area contributed by atoms with Crippen LogP contribution in [0.5, 0.6) is 5.75 Å². The number of benzene rings is 1. The van der Waals surface area contributed by atoms with Crippen LogP contribution in [-0.2, 0) is 0 Å². The lowest BCUT2D eigenvalue weighted by Gasteiger charge is -2.23. The van der Waals surface area contributed by atoms with Crippen molar-refractivity contribution in [3.8, 4) is 5.75 Å². The van der Waals surface area contributed by atoms with Gasteiger partial charge in [-0.25, -0.2) is 0 Å². The van der Waals surface area contributed by atoms with E-state index < -0.39 is 6.61 Å². The minimum absolute atomic E-state index is 0. The van der Waals surface area contributed by atoms with Crippen molar-refractivity contribution in [2.24, 2.45) is 5.41 Å². The Labute approximate surface area is 134 Å². The summed E-state index contributed by atoms with van der Waals surface area (Å²) in [6.07, 6.45) is 2.02. The molecule has 2 aliphatic heterocycles. The summed E-state index contributed by atoms with van der Waals surface area (Å²) < 4.78 is 29.3. The van der Waals surface area contributed by atoms with E-state index in [0.717, 1.165) is 25.9 Å². The van der Waals surface area contributed by atoms with Gasteiger partial charge in [-0.3, -0.25) is 4.79 Å². The predicted octanol–water partition coefficient (Wildman–Crippen LogP) is 2.54. The maximum atomic E-state index is 12.6. The SMILES string of the molecule is Cl.O=C(c1ccccc1OC(F)F)N1CCC2(CCNC2)C1. The van der Waals surface area contributed by atoms with Crippen LogP contribution in [0.3, 0.4) is 0 Å². The molecule has 1 N–H and O–H groups in total. The highest BCUT2D eigenvalue weighted by Crippen LogP contribution is 2.37. The largest absolute Gasteiger partial charge is 0.434 e. The molecule has 1 aromatic carbocycles. The van der Waals surface area contributed by atoms with Crippen LogP contribution in [0, 0.1) is 5.41 Å². The second kappa shape index (κ2) is 6.79. The lowest BCUT2D eigenvalue weighted by molar-refractivity contribution is -0.0502. The molecule has 1 spiro atoms. The van der Waals surface area contributed by atoms with E-state index in [1.807, 2.05) is 0 Å². The number of carbonyl (C=O) groups is 1. The van der Waals surface area contributed by atoms with Gasteiger partial charge in [0.15, 0.2) is 0 Å². The van der Waals surface area contributed by atoms with Crippen LogP contribution in [-0.4, -0.2) is 43.6 Å². The first kappa shape index (κ1) is 17.0. The lowest BCUT2D eigenvalue weighted by Crippen LogP contribution is -2.33. The summed E-state index contributed by atoms with van der Waals surface area (Å²) in [6.45, 7) is 0.327. The number of nitrogens with zero attached hydrogens (tertiary/aromatic N) is 1. The molecule has 122 valence electrons.